The molecular formula is C8H14NO2S. The summed E-state index contributed by atoms with van der Waals surface area (Å²) >= 11 is 1.88. The van der Waals surface area contributed by atoms with Crippen LogP contribution in [0.4, 0.5) is 0 Å². The van der Waals surface area contributed by atoms with E-state index in [-0.39, 0.29) is 12.5 Å². The maximum atomic E-state index is 11.3. The molecule has 1 fully saturated rings. The Morgan fingerprint density at radius 1 is 1.33 bits per heavy atom. The van der Waals surface area contributed by atoms with Gasteiger partial charge in [-0.15, -0.1) is 0 Å². The summed E-state index contributed by atoms with van der Waals surface area (Å²) in [5, 5.41) is 10.1. The minimum absolute atomic E-state index is 0.131. The van der Waals surface area contributed by atoms with E-state index >= 15 is 0 Å². The third-order valence-corrected chi connectivity index (χ3v) is 2.84. The molecule has 0 aromatic heterocycles. The third kappa shape index (κ3) is 3.03. The first-order valence-corrected chi connectivity index (χ1v) is 5.43. The van der Waals surface area contributed by atoms with Gasteiger partial charge in [-0.3, -0.25) is 4.79 Å². The van der Waals surface area contributed by atoms with Crippen molar-refractivity contribution in [2.24, 2.45) is 0 Å². The lowest BCUT2D eigenvalue weighted by Crippen LogP contribution is -2.37. The Balaban J connectivity index is 2.20. The Bertz CT molecular complexity index is 146. The molecule has 1 rings (SSSR count). The molecule has 69 valence electrons. The Morgan fingerprint density at radius 3 is 2.58 bits per heavy atom. The second kappa shape index (κ2) is 5.43. The number of hydrogen-bond acceptors (Lipinski definition) is 2. The highest BCUT2D eigenvalue weighted by Gasteiger charge is 2.15. The number of thioether (sulfide) groups is 1. The van der Waals surface area contributed by atoms with E-state index < -0.39 is 0 Å². The molecular weight excluding hydrogens is 174 g/mol. The predicted molar refractivity (Wildman–Crippen MR) is 48.7 cm³/mol. The Hall–Kier alpha value is -0.220. The molecule has 1 amide bonds. The molecule has 0 bridgehead atoms. The van der Waals surface area contributed by atoms with E-state index in [2.05, 4.69) is 0 Å². The minimum Gasteiger partial charge on any atom is -0.341 e. The molecule has 0 aliphatic carbocycles. The number of carbonyl (C=O) groups is 1. The molecule has 0 saturated carbocycles. The average molecular weight is 188 g/mol. The first-order valence-electron chi connectivity index (χ1n) is 4.28. The zero-order valence-electron chi connectivity index (χ0n) is 7.12. The zero-order chi connectivity index (χ0) is 8.81. The standard InChI is InChI=1S/C8H14NO2S/c10-5-1-2-8(11)9-3-6-12-7-4-9/h1-7H2. The number of amides is 1. The molecule has 1 radical (unpaired) electrons. The van der Waals surface area contributed by atoms with E-state index in [1.54, 1.807) is 0 Å². The smallest absolute Gasteiger partial charge is 0.222 e. The topological polar surface area (TPSA) is 40.2 Å². The first kappa shape index (κ1) is 9.86. The lowest BCUT2D eigenvalue weighted by Gasteiger charge is -2.26. The lowest BCUT2D eigenvalue weighted by atomic mass is 10.3. The number of rotatable bonds is 3. The molecule has 0 aromatic rings. The van der Waals surface area contributed by atoms with E-state index in [1.165, 1.54) is 0 Å². The van der Waals surface area contributed by atoms with Gasteiger partial charge in [0.25, 0.3) is 0 Å². The van der Waals surface area contributed by atoms with Crippen LogP contribution in [0, 0.1) is 0 Å². The van der Waals surface area contributed by atoms with Crippen molar-refractivity contribution >= 4 is 17.7 Å². The molecule has 1 heterocycles. The van der Waals surface area contributed by atoms with Crippen molar-refractivity contribution < 1.29 is 9.90 Å². The number of hydrogen-bond donors (Lipinski definition) is 0. The summed E-state index contributed by atoms with van der Waals surface area (Å²) in [6.45, 7) is 1.60. The van der Waals surface area contributed by atoms with Crippen molar-refractivity contribution in [1.29, 1.82) is 0 Å². The van der Waals surface area contributed by atoms with Gasteiger partial charge in [0.2, 0.25) is 5.91 Å². The van der Waals surface area contributed by atoms with Gasteiger partial charge in [-0.05, 0) is 6.42 Å². The van der Waals surface area contributed by atoms with Crippen LogP contribution in [0.3, 0.4) is 0 Å². The van der Waals surface area contributed by atoms with Crippen LogP contribution in [0.5, 0.6) is 0 Å². The summed E-state index contributed by atoms with van der Waals surface area (Å²) in [4.78, 5) is 13.2. The van der Waals surface area contributed by atoms with Crippen molar-refractivity contribution in [2.75, 3.05) is 31.2 Å². The van der Waals surface area contributed by atoms with Gasteiger partial charge < -0.3 is 4.90 Å². The van der Waals surface area contributed by atoms with Gasteiger partial charge in [0.05, 0.1) is 6.61 Å². The van der Waals surface area contributed by atoms with Gasteiger partial charge in [0.1, 0.15) is 0 Å². The molecule has 4 heteroatoms. The summed E-state index contributed by atoms with van der Waals surface area (Å²) in [5.74, 6) is 2.25. The second-order valence-corrected chi connectivity index (χ2v) is 4.03. The number of nitrogens with zero attached hydrogens (tertiary/aromatic N) is 1. The van der Waals surface area contributed by atoms with Crippen LogP contribution < -0.4 is 0 Å². The molecule has 0 atom stereocenters. The van der Waals surface area contributed by atoms with Gasteiger partial charge in [-0.2, -0.15) is 11.8 Å². The molecule has 1 aliphatic rings. The first-order chi connectivity index (χ1) is 5.84. The van der Waals surface area contributed by atoms with Crippen molar-refractivity contribution in [2.45, 2.75) is 12.8 Å². The molecule has 0 unspecified atom stereocenters. The quantitative estimate of drug-likeness (QED) is 0.656. The van der Waals surface area contributed by atoms with Gasteiger partial charge in [0, 0.05) is 31.0 Å². The van der Waals surface area contributed by atoms with Crippen LogP contribution in [0.15, 0.2) is 0 Å². The molecule has 1 saturated heterocycles. The van der Waals surface area contributed by atoms with E-state index in [9.17, 15) is 9.90 Å². The Morgan fingerprint density at radius 2 is 2.00 bits per heavy atom. The summed E-state index contributed by atoms with van der Waals surface area (Å²) in [5.41, 5.74) is 0. The fourth-order valence-corrected chi connectivity index (χ4v) is 2.10. The molecule has 0 N–H and O–H groups in total. The Labute approximate surface area is 77.1 Å². The van der Waals surface area contributed by atoms with E-state index in [4.69, 9.17) is 0 Å². The predicted octanol–water partition coefficient (Wildman–Crippen LogP) is 0.773. The van der Waals surface area contributed by atoms with Crippen LogP contribution in [0.2, 0.25) is 0 Å². The Kier molecular flexibility index (Phi) is 4.46. The van der Waals surface area contributed by atoms with Crippen molar-refractivity contribution in [1.82, 2.24) is 4.90 Å². The molecule has 3 nitrogen and oxygen atoms in total. The third-order valence-electron chi connectivity index (χ3n) is 1.90. The van der Waals surface area contributed by atoms with Crippen LogP contribution in [-0.4, -0.2) is 42.0 Å². The second-order valence-electron chi connectivity index (χ2n) is 2.80. The lowest BCUT2D eigenvalue weighted by molar-refractivity contribution is -0.131. The van der Waals surface area contributed by atoms with E-state index in [0.717, 1.165) is 24.6 Å². The molecule has 12 heavy (non-hydrogen) atoms. The van der Waals surface area contributed by atoms with Crippen LogP contribution >= 0.6 is 11.8 Å². The molecule has 0 spiro atoms. The monoisotopic (exact) mass is 188 g/mol. The summed E-state index contributed by atoms with van der Waals surface area (Å²) < 4.78 is 0. The van der Waals surface area contributed by atoms with Crippen LogP contribution in [0.25, 0.3) is 0 Å². The average Bonchev–Trinajstić information content (AvgIpc) is 2.15. The molecule has 1 aliphatic heterocycles. The van der Waals surface area contributed by atoms with E-state index in [1.807, 2.05) is 16.7 Å². The maximum absolute atomic E-state index is 11.3. The molecule has 0 aromatic carbocycles. The van der Waals surface area contributed by atoms with Gasteiger partial charge in [-0.1, -0.05) is 0 Å². The SMILES string of the molecule is [O]CCCC(=O)N1CCSCC1. The van der Waals surface area contributed by atoms with Crippen LogP contribution in [0.1, 0.15) is 12.8 Å². The zero-order valence-corrected chi connectivity index (χ0v) is 7.94. The fraction of sp³-hybridized carbons (Fsp3) is 0.875. The maximum Gasteiger partial charge on any atom is 0.222 e. The minimum atomic E-state index is -0.131. The van der Waals surface area contributed by atoms with Crippen molar-refractivity contribution in [3.63, 3.8) is 0 Å². The summed E-state index contributed by atoms with van der Waals surface area (Å²) in [7, 11) is 0. The number of carbonyl (C=O) groups excluding carboxylic acids is 1. The van der Waals surface area contributed by atoms with Gasteiger partial charge in [0.15, 0.2) is 0 Å². The van der Waals surface area contributed by atoms with E-state index in [0.29, 0.717) is 12.8 Å². The highest BCUT2D eigenvalue weighted by molar-refractivity contribution is 7.99. The highest BCUT2D eigenvalue weighted by Crippen LogP contribution is 2.10. The van der Waals surface area contributed by atoms with Gasteiger partial charge in [-0.25, -0.2) is 5.11 Å². The summed E-state index contributed by atoms with van der Waals surface area (Å²) in [6.07, 6.45) is 0.927. The van der Waals surface area contributed by atoms with Gasteiger partial charge >= 0.3 is 0 Å². The fourth-order valence-electron chi connectivity index (χ4n) is 1.19. The van der Waals surface area contributed by atoms with Crippen molar-refractivity contribution in [3.8, 4) is 0 Å². The van der Waals surface area contributed by atoms with Crippen molar-refractivity contribution in [3.05, 3.63) is 0 Å². The summed E-state index contributed by atoms with van der Waals surface area (Å²) in [6, 6.07) is 0. The largest absolute Gasteiger partial charge is 0.341 e. The normalized spacial score (nSPS) is 17.9. The highest BCUT2D eigenvalue weighted by atomic mass is 32.2. The van der Waals surface area contributed by atoms with Crippen LogP contribution in [-0.2, 0) is 9.90 Å².